The summed E-state index contributed by atoms with van der Waals surface area (Å²) in [5.41, 5.74) is 1.94. The molecule has 0 saturated carbocycles. The van der Waals surface area contributed by atoms with Crippen LogP contribution in [0.5, 0.6) is 0 Å². The molecular weight excluding hydrogens is 274 g/mol. The Labute approximate surface area is 132 Å². The first kappa shape index (κ1) is 16.0. The van der Waals surface area contributed by atoms with Crippen LogP contribution in [0.2, 0.25) is 0 Å². The number of hydrogen-bond donors (Lipinski definition) is 0. The lowest BCUT2D eigenvalue weighted by Crippen LogP contribution is -2.36. The van der Waals surface area contributed by atoms with Crippen LogP contribution >= 0.6 is 0 Å². The first-order valence-corrected chi connectivity index (χ1v) is 7.60. The summed E-state index contributed by atoms with van der Waals surface area (Å²) >= 11 is 0. The molecule has 0 amide bonds. The van der Waals surface area contributed by atoms with Gasteiger partial charge in [0, 0.05) is 0 Å². The fourth-order valence-electron chi connectivity index (χ4n) is 2.30. The summed E-state index contributed by atoms with van der Waals surface area (Å²) in [6, 6.07) is 7.93. The third-order valence-electron chi connectivity index (χ3n) is 3.57. The van der Waals surface area contributed by atoms with E-state index in [1.54, 1.807) is 7.11 Å². The molecule has 0 atom stereocenters. The summed E-state index contributed by atoms with van der Waals surface area (Å²) in [5.74, 6) is 1.60. The van der Waals surface area contributed by atoms with E-state index < -0.39 is 0 Å². The smallest absolute Gasteiger partial charge is 0.345 e. The number of unbranched alkanes of at least 4 members (excludes halogenated alkanes) is 1. The van der Waals surface area contributed by atoms with Crippen LogP contribution in [0.4, 0.5) is 5.69 Å². The zero-order chi connectivity index (χ0) is 15.9. The van der Waals surface area contributed by atoms with Crippen LogP contribution in [0.15, 0.2) is 48.2 Å². The van der Waals surface area contributed by atoms with Crippen molar-refractivity contribution in [3.8, 4) is 0 Å². The third kappa shape index (κ3) is 3.64. The van der Waals surface area contributed by atoms with Crippen LogP contribution in [0.1, 0.15) is 31.2 Å². The summed E-state index contributed by atoms with van der Waals surface area (Å²) in [4.78, 5) is 4.64. The van der Waals surface area contributed by atoms with Gasteiger partial charge in [0.1, 0.15) is 12.4 Å². The first-order chi connectivity index (χ1) is 10.7. The van der Waals surface area contributed by atoms with Gasteiger partial charge in [0.25, 0.3) is 0 Å². The highest BCUT2D eigenvalue weighted by Gasteiger charge is 2.22. The fourth-order valence-corrected chi connectivity index (χ4v) is 2.30. The fraction of sp³-hybridized carbons (Fsp3) is 0.333. The molecule has 0 aliphatic carbocycles. The molecule has 1 heterocycles. The summed E-state index contributed by atoms with van der Waals surface area (Å²) in [5, 5.41) is 0. The normalized spacial score (nSPS) is 11.5. The van der Waals surface area contributed by atoms with Crippen molar-refractivity contribution in [2.75, 3.05) is 7.11 Å². The van der Waals surface area contributed by atoms with E-state index in [1.165, 1.54) is 0 Å². The summed E-state index contributed by atoms with van der Waals surface area (Å²) in [7, 11) is 3.67. The topological polar surface area (TPSA) is 30.4 Å². The summed E-state index contributed by atoms with van der Waals surface area (Å²) in [6.07, 6.45) is 8.21. The number of nitrogens with zero attached hydrogens (tertiary/aromatic N) is 3. The van der Waals surface area contributed by atoms with Crippen molar-refractivity contribution in [2.45, 2.75) is 26.3 Å². The maximum atomic E-state index is 5.54. The molecule has 0 unspecified atom stereocenters. The Morgan fingerprint density at radius 1 is 1.36 bits per heavy atom. The zero-order valence-corrected chi connectivity index (χ0v) is 13.6. The number of rotatable bonds is 6. The van der Waals surface area contributed by atoms with Crippen LogP contribution < -0.4 is 4.57 Å². The van der Waals surface area contributed by atoms with Crippen LogP contribution in [0.3, 0.4) is 0 Å². The molecule has 116 valence electrons. The molecule has 0 radical (unpaired) electrons. The number of aliphatic imine (C=N–C) groups is 1. The Bertz CT molecular complexity index is 653. The van der Waals surface area contributed by atoms with Crippen molar-refractivity contribution < 1.29 is 9.30 Å². The molecule has 0 N–H and O–H groups in total. The predicted octanol–water partition coefficient (Wildman–Crippen LogP) is 3.48. The van der Waals surface area contributed by atoms with Gasteiger partial charge < -0.3 is 4.74 Å². The SMILES string of the molecule is C=Cc1ccc(N=C(OC)c2n(CCCC)cc[n+]2C)cc1. The molecule has 2 rings (SSSR count). The van der Waals surface area contributed by atoms with Gasteiger partial charge >= 0.3 is 11.7 Å². The average molecular weight is 298 g/mol. The molecule has 4 nitrogen and oxygen atoms in total. The zero-order valence-electron chi connectivity index (χ0n) is 13.6. The Balaban J connectivity index is 2.36. The number of benzene rings is 1. The molecule has 1 aromatic heterocycles. The minimum Gasteiger partial charge on any atom is -0.475 e. The Morgan fingerprint density at radius 3 is 2.68 bits per heavy atom. The Kier molecular flexibility index (Phi) is 5.53. The van der Waals surface area contributed by atoms with Crippen molar-refractivity contribution in [2.24, 2.45) is 12.0 Å². The molecule has 4 heteroatoms. The van der Waals surface area contributed by atoms with Crippen LogP contribution in [0.25, 0.3) is 6.08 Å². The lowest BCUT2D eigenvalue weighted by molar-refractivity contribution is -0.672. The molecule has 1 aromatic carbocycles. The molecule has 0 spiro atoms. The number of ether oxygens (including phenoxy) is 1. The van der Waals surface area contributed by atoms with Crippen molar-refractivity contribution in [1.82, 2.24) is 4.57 Å². The minimum absolute atomic E-state index is 0.620. The molecule has 0 fully saturated rings. The highest BCUT2D eigenvalue weighted by atomic mass is 16.5. The quantitative estimate of drug-likeness (QED) is 0.456. The second-order valence-electron chi connectivity index (χ2n) is 5.20. The molecule has 0 aliphatic heterocycles. The van der Waals surface area contributed by atoms with E-state index in [2.05, 4.69) is 29.3 Å². The van der Waals surface area contributed by atoms with Gasteiger partial charge in [0.15, 0.2) is 0 Å². The van der Waals surface area contributed by atoms with E-state index >= 15 is 0 Å². The van der Waals surface area contributed by atoms with E-state index in [9.17, 15) is 0 Å². The summed E-state index contributed by atoms with van der Waals surface area (Å²) in [6.45, 7) is 6.92. The number of imidazole rings is 1. The highest BCUT2D eigenvalue weighted by molar-refractivity contribution is 5.91. The van der Waals surface area contributed by atoms with Gasteiger partial charge in [-0.15, -0.1) is 0 Å². The van der Waals surface area contributed by atoms with Crippen molar-refractivity contribution in [3.05, 3.63) is 54.6 Å². The maximum absolute atomic E-state index is 5.54. The third-order valence-corrected chi connectivity index (χ3v) is 3.57. The van der Waals surface area contributed by atoms with Crippen LogP contribution in [0, 0.1) is 0 Å². The largest absolute Gasteiger partial charge is 0.475 e. The number of aryl methyl sites for hydroxylation is 2. The van der Waals surface area contributed by atoms with Gasteiger partial charge in [-0.3, -0.25) is 0 Å². The molecule has 0 aliphatic rings. The second kappa shape index (κ2) is 7.59. The molecular formula is C18H24N3O+. The van der Waals surface area contributed by atoms with E-state index in [0.29, 0.717) is 5.90 Å². The van der Waals surface area contributed by atoms with E-state index in [-0.39, 0.29) is 0 Å². The first-order valence-electron chi connectivity index (χ1n) is 7.60. The van der Waals surface area contributed by atoms with E-state index in [1.807, 2.05) is 48.2 Å². The van der Waals surface area contributed by atoms with E-state index in [4.69, 9.17) is 4.74 Å². The average Bonchev–Trinajstić information content (AvgIpc) is 2.92. The minimum atomic E-state index is 0.620. The Morgan fingerprint density at radius 2 is 2.09 bits per heavy atom. The highest BCUT2D eigenvalue weighted by Crippen LogP contribution is 2.15. The van der Waals surface area contributed by atoms with Crippen LogP contribution in [-0.4, -0.2) is 17.6 Å². The van der Waals surface area contributed by atoms with E-state index in [0.717, 1.165) is 36.5 Å². The lowest BCUT2D eigenvalue weighted by atomic mass is 10.2. The maximum Gasteiger partial charge on any atom is 0.345 e. The summed E-state index contributed by atoms with van der Waals surface area (Å²) < 4.78 is 9.77. The molecule has 22 heavy (non-hydrogen) atoms. The number of methoxy groups -OCH3 is 1. The predicted molar refractivity (Wildman–Crippen MR) is 90.3 cm³/mol. The molecule has 0 bridgehead atoms. The number of aromatic nitrogens is 2. The van der Waals surface area contributed by atoms with Gasteiger partial charge in [-0.25, -0.2) is 14.1 Å². The standard InChI is InChI=1S/C18H24N3O/c1-5-7-12-21-14-13-20(3)18(21)17(22-4)19-16-10-8-15(6-2)9-11-16/h6,8-11,13-14H,2,5,7,12H2,1,3-4H3/q+1. The van der Waals surface area contributed by atoms with Gasteiger partial charge in [-0.2, -0.15) is 0 Å². The number of hydrogen-bond acceptors (Lipinski definition) is 2. The molecule has 0 saturated heterocycles. The molecule has 2 aromatic rings. The van der Waals surface area contributed by atoms with Gasteiger partial charge in [-0.05, 0) is 24.1 Å². The second-order valence-corrected chi connectivity index (χ2v) is 5.20. The Hall–Kier alpha value is -2.36. The van der Waals surface area contributed by atoms with Crippen LogP contribution in [-0.2, 0) is 18.3 Å². The monoisotopic (exact) mass is 298 g/mol. The van der Waals surface area contributed by atoms with Crippen molar-refractivity contribution >= 4 is 17.7 Å². The van der Waals surface area contributed by atoms with Gasteiger partial charge in [0.2, 0.25) is 0 Å². The van der Waals surface area contributed by atoms with Gasteiger partial charge in [0.05, 0.1) is 26.4 Å². The lowest BCUT2D eigenvalue weighted by Gasteiger charge is -2.05. The van der Waals surface area contributed by atoms with Gasteiger partial charge in [-0.1, -0.05) is 38.1 Å². The van der Waals surface area contributed by atoms with Crippen molar-refractivity contribution in [3.63, 3.8) is 0 Å². The van der Waals surface area contributed by atoms with Crippen molar-refractivity contribution in [1.29, 1.82) is 0 Å².